The summed E-state index contributed by atoms with van der Waals surface area (Å²) in [5.74, 6) is 0.490. The van der Waals surface area contributed by atoms with Crippen molar-refractivity contribution in [2.75, 3.05) is 11.9 Å². The Bertz CT molecular complexity index is 696. The van der Waals surface area contributed by atoms with Gasteiger partial charge in [-0.3, -0.25) is 14.3 Å². The monoisotopic (exact) mass is 312 g/mol. The molecular weight excluding hydrogens is 292 g/mol. The van der Waals surface area contributed by atoms with Crippen LogP contribution in [-0.2, 0) is 23.1 Å². The van der Waals surface area contributed by atoms with Crippen molar-refractivity contribution >= 4 is 17.6 Å². The zero-order valence-electron chi connectivity index (χ0n) is 13.1. The number of anilines is 1. The molecule has 2 aromatic rings. The first-order chi connectivity index (χ1) is 11.1. The van der Waals surface area contributed by atoms with Gasteiger partial charge >= 0.3 is 0 Å². The summed E-state index contributed by atoms with van der Waals surface area (Å²) in [5, 5.41) is 6.88. The third-order valence-electron chi connectivity index (χ3n) is 4.15. The van der Waals surface area contributed by atoms with Crippen LogP contribution in [0.1, 0.15) is 18.4 Å². The molecule has 6 nitrogen and oxygen atoms in total. The molecule has 0 spiro atoms. The van der Waals surface area contributed by atoms with Gasteiger partial charge in [-0.25, -0.2) is 0 Å². The van der Waals surface area contributed by atoms with Gasteiger partial charge in [0.25, 0.3) is 0 Å². The van der Waals surface area contributed by atoms with Crippen molar-refractivity contribution in [1.29, 1.82) is 0 Å². The molecule has 1 unspecified atom stereocenters. The average molecular weight is 312 g/mol. The first-order valence-electron chi connectivity index (χ1n) is 7.77. The molecular formula is C17H20N4O2. The van der Waals surface area contributed by atoms with Crippen LogP contribution in [0.4, 0.5) is 5.82 Å². The van der Waals surface area contributed by atoms with Crippen LogP contribution in [0.3, 0.4) is 0 Å². The molecule has 1 N–H and O–H groups in total. The van der Waals surface area contributed by atoms with E-state index in [1.54, 1.807) is 28.9 Å². The largest absolute Gasteiger partial charge is 0.330 e. The second kappa shape index (κ2) is 6.64. The SMILES string of the molecule is Cn1nccc1NC(=O)C1CCCN1C(=O)Cc1ccccc1. The zero-order valence-corrected chi connectivity index (χ0v) is 13.1. The van der Waals surface area contributed by atoms with Gasteiger partial charge in [-0.15, -0.1) is 0 Å². The number of aromatic nitrogens is 2. The van der Waals surface area contributed by atoms with Crippen LogP contribution in [0.5, 0.6) is 0 Å². The summed E-state index contributed by atoms with van der Waals surface area (Å²) in [6.07, 6.45) is 3.51. The van der Waals surface area contributed by atoms with Crippen LogP contribution in [-0.4, -0.2) is 39.1 Å². The van der Waals surface area contributed by atoms with Crippen LogP contribution in [0.25, 0.3) is 0 Å². The van der Waals surface area contributed by atoms with Crippen LogP contribution >= 0.6 is 0 Å². The summed E-state index contributed by atoms with van der Waals surface area (Å²) < 4.78 is 1.60. The van der Waals surface area contributed by atoms with Crippen LogP contribution in [0, 0.1) is 0 Å². The number of aryl methyl sites for hydroxylation is 1. The normalized spacial score (nSPS) is 17.3. The highest BCUT2D eigenvalue weighted by Crippen LogP contribution is 2.20. The lowest BCUT2D eigenvalue weighted by atomic mass is 10.1. The number of nitrogens with one attached hydrogen (secondary N) is 1. The number of benzene rings is 1. The molecule has 1 saturated heterocycles. The molecule has 0 bridgehead atoms. The van der Waals surface area contributed by atoms with E-state index in [0.717, 1.165) is 12.0 Å². The predicted octanol–water partition coefficient (Wildman–Crippen LogP) is 1.59. The number of rotatable bonds is 4. The standard InChI is InChI=1S/C17H20N4O2/c1-20-15(9-10-18-20)19-17(23)14-8-5-11-21(14)16(22)12-13-6-3-2-4-7-13/h2-4,6-7,9-10,14H,5,8,11-12H2,1H3,(H,19,23). The molecule has 23 heavy (non-hydrogen) atoms. The first-order valence-corrected chi connectivity index (χ1v) is 7.77. The molecule has 2 heterocycles. The van der Waals surface area contributed by atoms with Crippen LogP contribution in [0.2, 0.25) is 0 Å². The molecule has 1 aromatic carbocycles. The van der Waals surface area contributed by atoms with Gasteiger partial charge in [-0.1, -0.05) is 30.3 Å². The Morgan fingerprint density at radius 2 is 2.04 bits per heavy atom. The Morgan fingerprint density at radius 3 is 2.74 bits per heavy atom. The molecule has 1 atom stereocenters. The quantitative estimate of drug-likeness (QED) is 0.932. The minimum absolute atomic E-state index is 0.00106. The zero-order chi connectivity index (χ0) is 16.2. The number of nitrogens with zero attached hydrogens (tertiary/aromatic N) is 3. The number of carbonyl (C=O) groups is 2. The summed E-state index contributed by atoms with van der Waals surface area (Å²) in [6.45, 7) is 0.634. The van der Waals surface area contributed by atoms with Gasteiger partial charge in [-0.05, 0) is 18.4 Å². The van der Waals surface area contributed by atoms with Gasteiger partial charge in [0.05, 0.1) is 12.6 Å². The van der Waals surface area contributed by atoms with Crippen molar-refractivity contribution < 1.29 is 9.59 Å². The van der Waals surface area contributed by atoms with Gasteiger partial charge in [0.1, 0.15) is 11.9 Å². The molecule has 2 amide bonds. The fourth-order valence-electron chi connectivity index (χ4n) is 2.92. The van der Waals surface area contributed by atoms with E-state index < -0.39 is 6.04 Å². The first kappa shape index (κ1) is 15.3. The third kappa shape index (κ3) is 3.41. The van der Waals surface area contributed by atoms with Gasteiger partial charge in [0.2, 0.25) is 11.8 Å². The second-order valence-corrected chi connectivity index (χ2v) is 5.74. The Balaban J connectivity index is 1.66. The molecule has 120 valence electrons. The average Bonchev–Trinajstić information content (AvgIpc) is 3.18. The Labute approximate surface area is 135 Å². The van der Waals surface area contributed by atoms with Crippen molar-refractivity contribution in [3.05, 3.63) is 48.2 Å². The fraction of sp³-hybridized carbons (Fsp3) is 0.353. The maximum absolute atomic E-state index is 12.5. The van der Waals surface area contributed by atoms with Gasteiger partial charge in [0.15, 0.2) is 0 Å². The highest BCUT2D eigenvalue weighted by atomic mass is 16.2. The van der Waals surface area contributed by atoms with Crippen molar-refractivity contribution in [2.24, 2.45) is 7.05 Å². The molecule has 1 aliphatic heterocycles. The number of hydrogen-bond donors (Lipinski definition) is 1. The number of amides is 2. The van der Waals surface area contributed by atoms with Crippen LogP contribution < -0.4 is 5.32 Å². The van der Waals surface area contributed by atoms with Crippen molar-refractivity contribution in [3.63, 3.8) is 0 Å². The molecule has 0 radical (unpaired) electrons. The number of carbonyl (C=O) groups excluding carboxylic acids is 2. The summed E-state index contributed by atoms with van der Waals surface area (Å²) in [7, 11) is 1.77. The molecule has 0 saturated carbocycles. The van der Waals surface area contributed by atoms with E-state index >= 15 is 0 Å². The van der Waals surface area contributed by atoms with Crippen molar-refractivity contribution in [2.45, 2.75) is 25.3 Å². The lowest BCUT2D eigenvalue weighted by Crippen LogP contribution is -2.44. The summed E-state index contributed by atoms with van der Waals surface area (Å²) >= 11 is 0. The van der Waals surface area contributed by atoms with E-state index in [2.05, 4.69) is 10.4 Å². The number of hydrogen-bond acceptors (Lipinski definition) is 3. The smallest absolute Gasteiger partial charge is 0.248 e. The maximum Gasteiger partial charge on any atom is 0.248 e. The van der Waals surface area contributed by atoms with E-state index in [4.69, 9.17) is 0 Å². The van der Waals surface area contributed by atoms with E-state index in [1.807, 2.05) is 30.3 Å². The van der Waals surface area contributed by atoms with Gasteiger partial charge in [-0.2, -0.15) is 5.10 Å². The maximum atomic E-state index is 12.5. The van der Waals surface area contributed by atoms with Gasteiger partial charge in [0, 0.05) is 19.7 Å². The Morgan fingerprint density at radius 1 is 1.26 bits per heavy atom. The molecule has 3 rings (SSSR count). The second-order valence-electron chi connectivity index (χ2n) is 5.74. The fourth-order valence-corrected chi connectivity index (χ4v) is 2.92. The number of likely N-dealkylation sites (tertiary alicyclic amines) is 1. The lowest BCUT2D eigenvalue weighted by Gasteiger charge is -2.24. The summed E-state index contributed by atoms with van der Waals surface area (Å²) in [4.78, 5) is 26.7. The predicted molar refractivity (Wildman–Crippen MR) is 86.7 cm³/mol. The third-order valence-corrected chi connectivity index (χ3v) is 4.15. The van der Waals surface area contributed by atoms with Crippen molar-refractivity contribution in [3.8, 4) is 0 Å². The Hall–Kier alpha value is -2.63. The summed E-state index contributed by atoms with van der Waals surface area (Å²) in [5.41, 5.74) is 0.968. The van der Waals surface area contributed by atoms with E-state index in [1.165, 1.54) is 0 Å². The molecule has 6 heteroatoms. The van der Waals surface area contributed by atoms with E-state index in [9.17, 15) is 9.59 Å². The summed E-state index contributed by atoms with van der Waals surface area (Å²) in [6, 6.07) is 11.0. The highest BCUT2D eigenvalue weighted by Gasteiger charge is 2.34. The molecule has 1 aliphatic rings. The molecule has 1 fully saturated rings. The minimum Gasteiger partial charge on any atom is -0.330 e. The van der Waals surface area contributed by atoms with Crippen molar-refractivity contribution in [1.82, 2.24) is 14.7 Å². The lowest BCUT2D eigenvalue weighted by molar-refractivity contribution is -0.136. The van der Waals surface area contributed by atoms with E-state index in [0.29, 0.717) is 25.2 Å². The minimum atomic E-state index is -0.402. The van der Waals surface area contributed by atoms with Gasteiger partial charge < -0.3 is 10.2 Å². The molecule has 0 aliphatic carbocycles. The highest BCUT2D eigenvalue weighted by molar-refractivity contribution is 5.97. The molecule has 1 aromatic heterocycles. The Kier molecular flexibility index (Phi) is 4.41. The topological polar surface area (TPSA) is 67.2 Å². The van der Waals surface area contributed by atoms with E-state index in [-0.39, 0.29) is 11.8 Å². The van der Waals surface area contributed by atoms with Crippen LogP contribution in [0.15, 0.2) is 42.6 Å².